The highest BCUT2D eigenvalue weighted by atomic mass is 35.5. The standard InChI is InChI=1S/C19H31N3O3.2ClH/c1-4-22(5-2)12-13-25-17-14-15(8-9-16(17)24-3)21-18(23)19(20)10-6-7-11-19;;/h8-9,14H,4-7,10-13,20H2,1-3H3,(H,21,23);2*1H. The van der Waals surface area contributed by atoms with Gasteiger partial charge < -0.3 is 25.4 Å². The summed E-state index contributed by atoms with van der Waals surface area (Å²) in [4.78, 5) is 14.8. The summed E-state index contributed by atoms with van der Waals surface area (Å²) in [5.74, 6) is 1.16. The number of likely N-dealkylation sites (N-methyl/N-ethyl adjacent to an activating group) is 1. The van der Waals surface area contributed by atoms with Crippen molar-refractivity contribution in [3.05, 3.63) is 18.2 Å². The number of methoxy groups -OCH3 is 1. The zero-order valence-corrected chi connectivity index (χ0v) is 18.1. The van der Waals surface area contributed by atoms with Gasteiger partial charge in [-0.15, -0.1) is 24.8 Å². The second kappa shape index (κ2) is 12.3. The van der Waals surface area contributed by atoms with Crippen molar-refractivity contribution in [2.24, 2.45) is 5.73 Å². The number of hydrogen-bond acceptors (Lipinski definition) is 5. The molecule has 1 saturated carbocycles. The van der Waals surface area contributed by atoms with E-state index in [1.807, 2.05) is 6.07 Å². The number of hydrogen-bond donors (Lipinski definition) is 2. The van der Waals surface area contributed by atoms with Crippen LogP contribution in [0.15, 0.2) is 18.2 Å². The van der Waals surface area contributed by atoms with Crippen molar-refractivity contribution in [2.75, 3.05) is 38.7 Å². The van der Waals surface area contributed by atoms with Crippen molar-refractivity contribution < 1.29 is 14.3 Å². The lowest BCUT2D eigenvalue weighted by Gasteiger charge is -2.23. The van der Waals surface area contributed by atoms with E-state index in [0.717, 1.165) is 45.3 Å². The van der Waals surface area contributed by atoms with Crippen LogP contribution in [0.1, 0.15) is 39.5 Å². The maximum absolute atomic E-state index is 12.5. The molecule has 27 heavy (non-hydrogen) atoms. The van der Waals surface area contributed by atoms with Crippen LogP contribution < -0.4 is 20.5 Å². The van der Waals surface area contributed by atoms with Crippen molar-refractivity contribution in [1.29, 1.82) is 0 Å². The summed E-state index contributed by atoms with van der Waals surface area (Å²) in [6.45, 7) is 7.66. The van der Waals surface area contributed by atoms with Crippen LogP contribution in [0.4, 0.5) is 5.69 Å². The van der Waals surface area contributed by atoms with Crippen molar-refractivity contribution in [2.45, 2.75) is 45.1 Å². The molecule has 2 rings (SSSR count). The normalized spacial score (nSPS) is 14.9. The largest absolute Gasteiger partial charge is 0.493 e. The van der Waals surface area contributed by atoms with Gasteiger partial charge in [-0.2, -0.15) is 0 Å². The second-order valence-electron chi connectivity index (χ2n) is 6.56. The van der Waals surface area contributed by atoms with Crippen LogP contribution in [0.5, 0.6) is 11.5 Å². The van der Waals surface area contributed by atoms with Crippen LogP contribution in [0.25, 0.3) is 0 Å². The summed E-state index contributed by atoms with van der Waals surface area (Å²) in [5, 5.41) is 2.93. The lowest BCUT2D eigenvalue weighted by molar-refractivity contribution is -0.121. The lowest BCUT2D eigenvalue weighted by atomic mass is 9.98. The first-order chi connectivity index (χ1) is 12.0. The molecule has 3 N–H and O–H groups in total. The summed E-state index contributed by atoms with van der Waals surface area (Å²) < 4.78 is 11.2. The van der Waals surface area contributed by atoms with E-state index < -0.39 is 5.54 Å². The van der Waals surface area contributed by atoms with Gasteiger partial charge in [0.1, 0.15) is 6.61 Å². The third kappa shape index (κ3) is 7.03. The van der Waals surface area contributed by atoms with Crippen LogP contribution in [0, 0.1) is 0 Å². The molecule has 156 valence electrons. The Balaban J connectivity index is 0.00000338. The highest BCUT2D eigenvalue weighted by Gasteiger charge is 2.37. The van der Waals surface area contributed by atoms with Gasteiger partial charge in [0.05, 0.1) is 12.6 Å². The predicted octanol–water partition coefficient (Wildman–Crippen LogP) is 3.47. The molecule has 1 aromatic rings. The van der Waals surface area contributed by atoms with E-state index in [-0.39, 0.29) is 30.7 Å². The van der Waals surface area contributed by atoms with Crippen molar-refractivity contribution in [1.82, 2.24) is 4.90 Å². The van der Waals surface area contributed by atoms with Gasteiger partial charge in [0, 0.05) is 18.3 Å². The van der Waals surface area contributed by atoms with Crippen LogP contribution in [0.2, 0.25) is 0 Å². The van der Waals surface area contributed by atoms with Crippen molar-refractivity contribution in [3.8, 4) is 11.5 Å². The van der Waals surface area contributed by atoms with Gasteiger partial charge >= 0.3 is 0 Å². The Morgan fingerprint density at radius 3 is 2.37 bits per heavy atom. The molecule has 0 aromatic heterocycles. The number of carbonyl (C=O) groups is 1. The smallest absolute Gasteiger partial charge is 0.244 e. The summed E-state index contributed by atoms with van der Waals surface area (Å²) in [6.07, 6.45) is 3.49. The number of rotatable bonds is 9. The van der Waals surface area contributed by atoms with Crippen LogP contribution >= 0.6 is 24.8 Å². The number of anilines is 1. The fourth-order valence-corrected chi connectivity index (χ4v) is 3.18. The first-order valence-electron chi connectivity index (χ1n) is 9.16. The monoisotopic (exact) mass is 421 g/mol. The average molecular weight is 422 g/mol. The Labute approximate surface area is 175 Å². The molecular weight excluding hydrogens is 389 g/mol. The Morgan fingerprint density at radius 2 is 1.81 bits per heavy atom. The fourth-order valence-electron chi connectivity index (χ4n) is 3.18. The summed E-state index contributed by atoms with van der Waals surface area (Å²) in [7, 11) is 1.61. The van der Waals surface area contributed by atoms with Gasteiger partial charge in [0.2, 0.25) is 5.91 Å². The van der Waals surface area contributed by atoms with Crippen LogP contribution in [0.3, 0.4) is 0 Å². The molecule has 6 nitrogen and oxygen atoms in total. The maximum atomic E-state index is 12.5. The Kier molecular flexibility index (Phi) is 11.7. The van der Waals surface area contributed by atoms with Crippen molar-refractivity contribution >= 4 is 36.4 Å². The van der Waals surface area contributed by atoms with Crippen LogP contribution in [-0.2, 0) is 4.79 Å². The molecule has 8 heteroatoms. The number of nitrogens with one attached hydrogen (secondary N) is 1. The van der Waals surface area contributed by atoms with E-state index in [0.29, 0.717) is 23.8 Å². The molecule has 0 radical (unpaired) electrons. The average Bonchev–Trinajstić information content (AvgIpc) is 3.07. The van der Waals surface area contributed by atoms with E-state index in [4.69, 9.17) is 15.2 Å². The highest BCUT2D eigenvalue weighted by Crippen LogP contribution is 2.32. The molecule has 0 spiro atoms. The molecule has 0 atom stereocenters. The van der Waals surface area contributed by atoms with Gasteiger partial charge in [-0.05, 0) is 38.1 Å². The first kappa shape index (κ1) is 25.8. The minimum absolute atomic E-state index is 0. The third-order valence-electron chi connectivity index (χ3n) is 4.93. The highest BCUT2D eigenvalue weighted by molar-refractivity contribution is 5.98. The molecule has 0 heterocycles. The minimum atomic E-state index is -0.746. The van der Waals surface area contributed by atoms with Gasteiger partial charge in [-0.25, -0.2) is 0 Å². The summed E-state index contributed by atoms with van der Waals surface area (Å²) in [6, 6.07) is 5.42. The van der Waals surface area contributed by atoms with Crippen LogP contribution in [-0.4, -0.2) is 49.7 Å². The minimum Gasteiger partial charge on any atom is -0.493 e. The molecule has 1 aliphatic rings. The topological polar surface area (TPSA) is 76.8 Å². The molecule has 0 unspecified atom stereocenters. The van der Waals surface area contributed by atoms with Gasteiger partial charge in [-0.1, -0.05) is 26.7 Å². The van der Waals surface area contributed by atoms with E-state index >= 15 is 0 Å². The SMILES string of the molecule is CCN(CC)CCOc1cc(NC(=O)C2(N)CCCC2)ccc1OC.Cl.Cl. The Bertz CT molecular complexity index is 577. The van der Waals surface area contributed by atoms with E-state index in [1.54, 1.807) is 19.2 Å². The Hall–Kier alpha value is -1.21. The quantitative estimate of drug-likeness (QED) is 0.637. The fraction of sp³-hybridized carbons (Fsp3) is 0.632. The number of nitrogens with zero attached hydrogens (tertiary/aromatic N) is 1. The van der Waals surface area contributed by atoms with E-state index in [1.165, 1.54) is 0 Å². The maximum Gasteiger partial charge on any atom is 0.244 e. The molecule has 0 saturated heterocycles. The number of ether oxygens (including phenoxy) is 2. The van der Waals surface area contributed by atoms with Gasteiger partial charge in [0.15, 0.2) is 11.5 Å². The van der Waals surface area contributed by atoms with E-state index in [9.17, 15) is 4.79 Å². The molecule has 1 aromatic carbocycles. The van der Waals surface area contributed by atoms with Gasteiger partial charge in [-0.3, -0.25) is 4.79 Å². The molecule has 1 fully saturated rings. The predicted molar refractivity (Wildman–Crippen MR) is 115 cm³/mol. The summed E-state index contributed by atoms with van der Waals surface area (Å²) in [5.41, 5.74) is 6.15. The van der Waals surface area contributed by atoms with E-state index in [2.05, 4.69) is 24.1 Å². The number of halogens is 2. The number of carbonyl (C=O) groups excluding carboxylic acids is 1. The zero-order chi connectivity index (χ0) is 18.3. The molecule has 0 aliphatic heterocycles. The van der Waals surface area contributed by atoms with Crippen molar-refractivity contribution in [3.63, 3.8) is 0 Å². The lowest BCUT2D eigenvalue weighted by Crippen LogP contribution is -2.48. The number of amides is 1. The summed E-state index contributed by atoms with van der Waals surface area (Å²) >= 11 is 0. The molecule has 0 bridgehead atoms. The second-order valence-corrected chi connectivity index (χ2v) is 6.56. The van der Waals surface area contributed by atoms with Gasteiger partial charge in [0.25, 0.3) is 0 Å². The third-order valence-corrected chi connectivity index (χ3v) is 4.93. The molecule has 1 aliphatic carbocycles. The number of benzene rings is 1. The zero-order valence-electron chi connectivity index (χ0n) is 16.5. The Morgan fingerprint density at radius 1 is 1.19 bits per heavy atom. The first-order valence-corrected chi connectivity index (χ1v) is 9.16. The molecule has 1 amide bonds. The number of nitrogens with two attached hydrogens (primary N) is 1. The molecular formula is C19H33Cl2N3O3.